The standard InChI is InChI=1S/C17H20N4O3S/c1-3-5-14-19-20-17(25-14)18-16(23)11-8-15(22)21(10-11)12-6-4-7-13(9-12)24-2/h4,6-7,9,11H,3,5,8,10H2,1-2H3,(H,18,20,23). The number of amides is 2. The van der Waals surface area contributed by atoms with Gasteiger partial charge in [-0.05, 0) is 18.6 Å². The lowest BCUT2D eigenvalue weighted by Gasteiger charge is -2.17. The molecule has 2 amide bonds. The summed E-state index contributed by atoms with van der Waals surface area (Å²) in [6.45, 7) is 2.41. The summed E-state index contributed by atoms with van der Waals surface area (Å²) < 4.78 is 5.19. The van der Waals surface area contributed by atoms with Gasteiger partial charge in [-0.25, -0.2) is 0 Å². The SMILES string of the molecule is CCCc1nnc(NC(=O)C2CC(=O)N(c3cccc(OC)c3)C2)s1. The third-order valence-electron chi connectivity index (χ3n) is 4.02. The van der Waals surface area contributed by atoms with Crippen molar-refractivity contribution < 1.29 is 14.3 Å². The molecule has 8 heteroatoms. The highest BCUT2D eigenvalue weighted by Crippen LogP contribution is 2.28. The predicted octanol–water partition coefficient (Wildman–Crippen LogP) is 2.49. The number of hydrogen-bond donors (Lipinski definition) is 1. The van der Waals surface area contributed by atoms with Crippen molar-refractivity contribution in [3.8, 4) is 5.75 Å². The molecule has 1 saturated heterocycles. The quantitative estimate of drug-likeness (QED) is 0.855. The molecule has 0 saturated carbocycles. The van der Waals surface area contributed by atoms with Crippen molar-refractivity contribution in [2.75, 3.05) is 23.9 Å². The zero-order valence-corrected chi connectivity index (χ0v) is 15.0. The van der Waals surface area contributed by atoms with Gasteiger partial charge in [0, 0.05) is 31.1 Å². The number of ether oxygens (including phenoxy) is 1. The van der Waals surface area contributed by atoms with Crippen LogP contribution in [0.5, 0.6) is 5.75 Å². The summed E-state index contributed by atoms with van der Waals surface area (Å²) in [5.74, 6) is 0.00280. The number of benzene rings is 1. The van der Waals surface area contributed by atoms with Gasteiger partial charge in [0.15, 0.2) is 0 Å². The van der Waals surface area contributed by atoms with Crippen LogP contribution < -0.4 is 15.0 Å². The molecule has 3 rings (SSSR count). The molecule has 0 bridgehead atoms. The zero-order chi connectivity index (χ0) is 17.8. The Morgan fingerprint density at radius 2 is 2.28 bits per heavy atom. The number of hydrogen-bond acceptors (Lipinski definition) is 6. The Kier molecular flexibility index (Phi) is 5.28. The number of aromatic nitrogens is 2. The predicted molar refractivity (Wildman–Crippen MR) is 96.0 cm³/mol. The summed E-state index contributed by atoms with van der Waals surface area (Å²) in [5, 5.41) is 12.2. The fourth-order valence-corrected chi connectivity index (χ4v) is 3.58. The Bertz CT molecular complexity index is 777. The van der Waals surface area contributed by atoms with Gasteiger partial charge in [0.05, 0.1) is 13.0 Å². The van der Waals surface area contributed by atoms with Gasteiger partial charge in [0.2, 0.25) is 16.9 Å². The number of methoxy groups -OCH3 is 1. The van der Waals surface area contributed by atoms with Gasteiger partial charge in [-0.2, -0.15) is 0 Å². The number of aryl methyl sites for hydroxylation is 1. The molecule has 1 fully saturated rings. The van der Waals surface area contributed by atoms with E-state index in [1.807, 2.05) is 18.2 Å². The van der Waals surface area contributed by atoms with Crippen molar-refractivity contribution in [3.63, 3.8) is 0 Å². The van der Waals surface area contributed by atoms with E-state index in [4.69, 9.17) is 4.74 Å². The van der Waals surface area contributed by atoms with Crippen molar-refractivity contribution in [3.05, 3.63) is 29.3 Å². The maximum absolute atomic E-state index is 12.5. The molecule has 1 aliphatic heterocycles. The molecule has 1 aromatic heterocycles. The highest BCUT2D eigenvalue weighted by atomic mass is 32.1. The minimum Gasteiger partial charge on any atom is -0.497 e. The van der Waals surface area contributed by atoms with Crippen LogP contribution in [0.15, 0.2) is 24.3 Å². The van der Waals surface area contributed by atoms with Gasteiger partial charge in [-0.1, -0.05) is 24.3 Å². The topological polar surface area (TPSA) is 84.4 Å². The number of anilines is 2. The fourth-order valence-electron chi connectivity index (χ4n) is 2.74. The molecule has 2 heterocycles. The van der Waals surface area contributed by atoms with Crippen LogP contribution in [0.1, 0.15) is 24.8 Å². The summed E-state index contributed by atoms with van der Waals surface area (Å²) in [5.41, 5.74) is 0.737. The smallest absolute Gasteiger partial charge is 0.231 e. The van der Waals surface area contributed by atoms with E-state index in [1.165, 1.54) is 11.3 Å². The monoisotopic (exact) mass is 360 g/mol. The first kappa shape index (κ1) is 17.3. The van der Waals surface area contributed by atoms with Crippen LogP contribution in [0.3, 0.4) is 0 Å². The normalized spacial score (nSPS) is 17.0. The van der Waals surface area contributed by atoms with Gasteiger partial charge in [-0.15, -0.1) is 10.2 Å². The molecule has 1 unspecified atom stereocenters. The summed E-state index contributed by atoms with van der Waals surface area (Å²) >= 11 is 1.38. The average molecular weight is 360 g/mol. The van der Waals surface area contributed by atoms with Crippen molar-refractivity contribution in [1.82, 2.24) is 10.2 Å². The fraction of sp³-hybridized carbons (Fsp3) is 0.412. The molecule has 1 N–H and O–H groups in total. The highest BCUT2D eigenvalue weighted by Gasteiger charge is 2.35. The maximum Gasteiger partial charge on any atom is 0.231 e. The Hall–Kier alpha value is -2.48. The van der Waals surface area contributed by atoms with Crippen LogP contribution in [-0.2, 0) is 16.0 Å². The summed E-state index contributed by atoms with van der Waals surface area (Å²) in [7, 11) is 1.58. The Labute approximate surface area is 150 Å². The number of carbonyl (C=O) groups excluding carboxylic acids is 2. The lowest BCUT2D eigenvalue weighted by Crippen LogP contribution is -2.28. The Morgan fingerprint density at radius 1 is 1.44 bits per heavy atom. The van der Waals surface area contributed by atoms with E-state index in [9.17, 15) is 9.59 Å². The molecule has 1 aromatic carbocycles. The molecular formula is C17H20N4O3S. The molecule has 1 aliphatic rings. The molecular weight excluding hydrogens is 340 g/mol. The van der Waals surface area contributed by atoms with E-state index in [1.54, 1.807) is 18.1 Å². The highest BCUT2D eigenvalue weighted by molar-refractivity contribution is 7.15. The summed E-state index contributed by atoms with van der Waals surface area (Å²) in [4.78, 5) is 26.4. The lowest BCUT2D eigenvalue weighted by molar-refractivity contribution is -0.122. The second-order valence-electron chi connectivity index (χ2n) is 5.85. The number of nitrogens with zero attached hydrogens (tertiary/aromatic N) is 3. The van der Waals surface area contributed by atoms with Crippen LogP contribution in [0.2, 0.25) is 0 Å². The first-order valence-electron chi connectivity index (χ1n) is 8.18. The molecule has 132 valence electrons. The van der Waals surface area contributed by atoms with Gasteiger partial charge < -0.3 is 15.0 Å². The molecule has 2 aromatic rings. The van der Waals surface area contributed by atoms with E-state index >= 15 is 0 Å². The third-order valence-corrected chi connectivity index (χ3v) is 4.92. The number of carbonyl (C=O) groups is 2. The van der Waals surface area contributed by atoms with E-state index < -0.39 is 5.92 Å². The average Bonchev–Trinajstić information content (AvgIpc) is 3.22. The minimum absolute atomic E-state index is 0.0719. The van der Waals surface area contributed by atoms with Crippen molar-refractivity contribution >= 4 is 34.0 Å². The maximum atomic E-state index is 12.5. The number of nitrogens with one attached hydrogen (secondary N) is 1. The largest absolute Gasteiger partial charge is 0.497 e. The molecule has 0 aliphatic carbocycles. The second kappa shape index (κ2) is 7.60. The first-order chi connectivity index (χ1) is 12.1. The van der Waals surface area contributed by atoms with Crippen LogP contribution in [0.4, 0.5) is 10.8 Å². The van der Waals surface area contributed by atoms with Crippen molar-refractivity contribution in [2.24, 2.45) is 5.92 Å². The van der Waals surface area contributed by atoms with E-state index in [-0.39, 0.29) is 18.2 Å². The molecule has 7 nitrogen and oxygen atoms in total. The molecule has 25 heavy (non-hydrogen) atoms. The van der Waals surface area contributed by atoms with Gasteiger partial charge in [0.25, 0.3) is 0 Å². The third kappa shape index (κ3) is 3.96. The van der Waals surface area contributed by atoms with E-state index in [0.717, 1.165) is 23.5 Å². The van der Waals surface area contributed by atoms with Crippen LogP contribution in [0, 0.1) is 5.92 Å². The molecule has 0 spiro atoms. The number of rotatable bonds is 6. The van der Waals surface area contributed by atoms with Gasteiger partial charge in [-0.3, -0.25) is 9.59 Å². The van der Waals surface area contributed by atoms with Gasteiger partial charge in [0.1, 0.15) is 10.8 Å². The second-order valence-corrected chi connectivity index (χ2v) is 6.91. The molecule has 0 radical (unpaired) electrons. The Morgan fingerprint density at radius 3 is 3.04 bits per heavy atom. The van der Waals surface area contributed by atoms with E-state index in [2.05, 4.69) is 22.4 Å². The van der Waals surface area contributed by atoms with Crippen molar-refractivity contribution in [2.45, 2.75) is 26.2 Å². The Balaban J connectivity index is 1.65. The summed E-state index contributed by atoms with van der Waals surface area (Å²) in [6.07, 6.45) is 2.01. The molecule has 1 atom stereocenters. The first-order valence-corrected chi connectivity index (χ1v) is 9.00. The van der Waals surface area contributed by atoms with Crippen LogP contribution >= 0.6 is 11.3 Å². The van der Waals surface area contributed by atoms with Crippen molar-refractivity contribution in [1.29, 1.82) is 0 Å². The zero-order valence-electron chi connectivity index (χ0n) is 14.2. The van der Waals surface area contributed by atoms with E-state index in [0.29, 0.717) is 17.4 Å². The van der Waals surface area contributed by atoms with Crippen LogP contribution in [0.25, 0.3) is 0 Å². The van der Waals surface area contributed by atoms with Gasteiger partial charge >= 0.3 is 0 Å². The summed E-state index contributed by atoms with van der Waals surface area (Å²) in [6, 6.07) is 7.27. The van der Waals surface area contributed by atoms with Crippen LogP contribution in [-0.4, -0.2) is 35.7 Å². The lowest BCUT2D eigenvalue weighted by atomic mass is 10.1. The minimum atomic E-state index is -0.405.